The molecule has 15 heavy (non-hydrogen) atoms. The highest BCUT2D eigenvalue weighted by molar-refractivity contribution is 5.70. The summed E-state index contributed by atoms with van der Waals surface area (Å²) in [5, 5.41) is 8.84. The Hall–Kier alpha value is -1.04. The van der Waals surface area contributed by atoms with Crippen molar-refractivity contribution in [2.75, 3.05) is 6.61 Å². The van der Waals surface area contributed by atoms with E-state index in [4.69, 9.17) is 10.00 Å². The normalized spacial score (nSPS) is 12.2. The van der Waals surface area contributed by atoms with Crippen molar-refractivity contribution in [3.8, 4) is 6.07 Å². The van der Waals surface area contributed by atoms with Crippen molar-refractivity contribution in [3.05, 3.63) is 0 Å². The lowest BCUT2D eigenvalue weighted by Gasteiger charge is -2.10. The largest absolute Gasteiger partial charge is 0.466 e. The van der Waals surface area contributed by atoms with Gasteiger partial charge < -0.3 is 4.74 Å². The number of hydrogen-bond donors (Lipinski definition) is 0. The Balaban J connectivity index is 3.77. The van der Waals surface area contributed by atoms with Crippen LogP contribution in [0.1, 0.15) is 46.5 Å². The van der Waals surface area contributed by atoms with Crippen LogP contribution in [0.15, 0.2) is 0 Å². The molecule has 0 aromatic rings. The van der Waals surface area contributed by atoms with Crippen molar-refractivity contribution in [2.24, 2.45) is 11.8 Å². The van der Waals surface area contributed by atoms with Crippen LogP contribution in [0.5, 0.6) is 0 Å². The maximum absolute atomic E-state index is 11.3. The van der Waals surface area contributed by atoms with Gasteiger partial charge in [-0.25, -0.2) is 0 Å². The lowest BCUT2D eigenvalue weighted by atomic mass is 9.96. The summed E-state index contributed by atoms with van der Waals surface area (Å²) in [6.07, 6.45) is 2.91. The van der Waals surface area contributed by atoms with E-state index < -0.39 is 0 Å². The van der Waals surface area contributed by atoms with Crippen molar-refractivity contribution in [2.45, 2.75) is 46.5 Å². The second kappa shape index (κ2) is 8.28. The Morgan fingerprint density at radius 3 is 2.60 bits per heavy atom. The predicted octanol–water partition coefficient (Wildman–Crippen LogP) is 2.91. The zero-order valence-electron chi connectivity index (χ0n) is 9.95. The van der Waals surface area contributed by atoms with Crippen molar-refractivity contribution >= 4 is 5.97 Å². The summed E-state index contributed by atoms with van der Waals surface area (Å²) in [7, 11) is 0. The van der Waals surface area contributed by atoms with Gasteiger partial charge in [-0.05, 0) is 18.8 Å². The Morgan fingerprint density at radius 1 is 1.47 bits per heavy atom. The topological polar surface area (TPSA) is 50.1 Å². The fourth-order valence-corrected chi connectivity index (χ4v) is 1.34. The maximum atomic E-state index is 11.3. The molecule has 0 aromatic heterocycles. The average molecular weight is 211 g/mol. The fraction of sp³-hybridized carbons (Fsp3) is 0.833. The van der Waals surface area contributed by atoms with Gasteiger partial charge in [0.05, 0.1) is 25.0 Å². The quantitative estimate of drug-likeness (QED) is 0.480. The molecule has 3 heteroatoms. The molecule has 0 unspecified atom stereocenters. The highest BCUT2D eigenvalue weighted by Crippen LogP contribution is 2.15. The first-order valence-corrected chi connectivity index (χ1v) is 5.65. The van der Waals surface area contributed by atoms with Crippen LogP contribution >= 0.6 is 0 Å². The fourth-order valence-electron chi connectivity index (χ4n) is 1.34. The molecule has 0 aliphatic heterocycles. The zero-order chi connectivity index (χ0) is 11.7. The molecule has 86 valence electrons. The molecule has 0 aliphatic rings. The van der Waals surface area contributed by atoms with Crippen LogP contribution in [0.4, 0.5) is 0 Å². The minimum atomic E-state index is -0.240. The number of ether oxygens (including phenoxy) is 1. The van der Waals surface area contributed by atoms with Gasteiger partial charge in [0.15, 0.2) is 0 Å². The SMILES string of the molecule is CCCCOC(=O)C[C@H](C#N)CC(C)C. The number of rotatable bonds is 7. The second-order valence-corrected chi connectivity index (χ2v) is 4.23. The van der Waals surface area contributed by atoms with Gasteiger partial charge in [-0.1, -0.05) is 27.2 Å². The van der Waals surface area contributed by atoms with Crippen LogP contribution in [0.25, 0.3) is 0 Å². The third kappa shape index (κ3) is 7.99. The first-order valence-electron chi connectivity index (χ1n) is 5.65. The molecule has 0 N–H and O–H groups in total. The van der Waals surface area contributed by atoms with Crippen LogP contribution in [0.2, 0.25) is 0 Å². The van der Waals surface area contributed by atoms with Gasteiger partial charge in [0, 0.05) is 0 Å². The van der Waals surface area contributed by atoms with E-state index in [0.29, 0.717) is 12.5 Å². The second-order valence-electron chi connectivity index (χ2n) is 4.23. The minimum Gasteiger partial charge on any atom is -0.466 e. The number of nitrogens with zero attached hydrogens (tertiary/aromatic N) is 1. The van der Waals surface area contributed by atoms with Crippen molar-refractivity contribution in [1.29, 1.82) is 5.26 Å². The van der Waals surface area contributed by atoms with E-state index in [-0.39, 0.29) is 18.3 Å². The van der Waals surface area contributed by atoms with Crippen LogP contribution in [-0.2, 0) is 9.53 Å². The molecule has 0 heterocycles. The van der Waals surface area contributed by atoms with E-state index in [1.165, 1.54) is 0 Å². The molecule has 0 rings (SSSR count). The highest BCUT2D eigenvalue weighted by atomic mass is 16.5. The van der Waals surface area contributed by atoms with E-state index >= 15 is 0 Å². The molecule has 0 bridgehead atoms. The standard InChI is InChI=1S/C12H21NO2/c1-4-5-6-15-12(14)8-11(9-13)7-10(2)3/h10-11H,4-8H2,1-3H3/t11-/m1/s1. The van der Waals surface area contributed by atoms with E-state index in [9.17, 15) is 4.79 Å². The Bertz CT molecular complexity index is 218. The molecule has 0 amide bonds. The smallest absolute Gasteiger partial charge is 0.307 e. The van der Waals surface area contributed by atoms with Gasteiger partial charge in [0.25, 0.3) is 0 Å². The number of hydrogen-bond acceptors (Lipinski definition) is 3. The van der Waals surface area contributed by atoms with Crippen LogP contribution in [-0.4, -0.2) is 12.6 Å². The summed E-state index contributed by atoms with van der Waals surface area (Å²) in [6, 6.07) is 2.15. The van der Waals surface area contributed by atoms with Crippen LogP contribution in [0, 0.1) is 23.2 Å². The first kappa shape index (κ1) is 14.0. The molecule has 1 atom stereocenters. The van der Waals surface area contributed by atoms with E-state index in [1.54, 1.807) is 0 Å². The van der Waals surface area contributed by atoms with E-state index in [2.05, 4.69) is 6.07 Å². The van der Waals surface area contributed by atoms with Gasteiger partial charge in [-0.3, -0.25) is 4.79 Å². The average Bonchev–Trinajstić information content (AvgIpc) is 2.16. The van der Waals surface area contributed by atoms with E-state index in [1.807, 2.05) is 20.8 Å². The third-order valence-corrected chi connectivity index (χ3v) is 2.11. The van der Waals surface area contributed by atoms with Gasteiger partial charge in [0.1, 0.15) is 0 Å². The number of carbonyl (C=O) groups is 1. The predicted molar refractivity (Wildman–Crippen MR) is 59.0 cm³/mol. The molecular formula is C12H21NO2. The van der Waals surface area contributed by atoms with Crippen molar-refractivity contribution in [1.82, 2.24) is 0 Å². The van der Waals surface area contributed by atoms with Crippen molar-refractivity contribution in [3.63, 3.8) is 0 Å². The number of unbranched alkanes of at least 4 members (excludes halogenated alkanes) is 1. The Kier molecular flexibility index (Phi) is 7.71. The molecule has 0 aromatic carbocycles. The highest BCUT2D eigenvalue weighted by Gasteiger charge is 2.15. The van der Waals surface area contributed by atoms with E-state index in [0.717, 1.165) is 19.3 Å². The van der Waals surface area contributed by atoms with Gasteiger partial charge in [0.2, 0.25) is 0 Å². The summed E-state index contributed by atoms with van der Waals surface area (Å²) in [5.74, 6) is 0.00729. The summed E-state index contributed by atoms with van der Waals surface area (Å²) in [5.41, 5.74) is 0. The Morgan fingerprint density at radius 2 is 2.13 bits per heavy atom. The third-order valence-electron chi connectivity index (χ3n) is 2.11. The zero-order valence-corrected chi connectivity index (χ0v) is 9.95. The van der Waals surface area contributed by atoms with Crippen molar-refractivity contribution < 1.29 is 9.53 Å². The summed E-state index contributed by atoms with van der Waals surface area (Å²) in [4.78, 5) is 11.3. The number of nitriles is 1. The molecular weight excluding hydrogens is 190 g/mol. The minimum absolute atomic E-state index is 0.195. The lowest BCUT2D eigenvalue weighted by molar-refractivity contribution is -0.144. The molecule has 3 nitrogen and oxygen atoms in total. The molecule has 0 saturated carbocycles. The molecule has 0 aliphatic carbocycles. The summed E-state index contributed by atoms with van der Waals surface area (Å²) < 4.78 is 5.01. The van der Waals surface area contributed by atoms with Gasteiger partial charge in [-0.15, -0.1) is 0 Å². The number of carbonyl (C=O) groups excluding carboxylic acids is 1. The molecule has 0 spiro atoms. The maximum Gasteiger partial charge on any atom is 0.307 e. The van der Waals surface area contributed by atoms with Gasteiger partial charge in [-0.2, -0.15) is 5.26 Å². The Labute approximate surface area is 92.4 Å². The van der Waals surface area contributed by atoms with Gasteiger partial charge >= 0.3 is 5.97 Å². The number of esters is 1. The van der Waals surface area contributed by atoms with Crippen LogP contribution in [0.3, 0.4) is 0 Å². The molecule has 0 saturated heterocycles. The molecule has 0 radical (unpaired) electrons. The summed E-state index contributed by atoms with van der Waals surface area (Å²) >= 11 is 0. The van der Waals surface area contributed by atoms with Crippen LogP contribution < -0.4 is 0 Å². The first-order chi connectivity index (χ1) is 7.10. The summed E-state index contributed by atoms with van der Waals surface area (Å²) in [6.45, 7) is 6.62. The monoisotopic (exact) mass is 211 g/mol. The molecule has 0 fully saturated rings. The lowest BCUT2D eigenvalue weighted by Crippen LogP contribution is -2.12.